The number of anilines is 1. The molecule has 0 aliphatic carbocycles. The maximum Gasteiger partial charge on any atom is 0.236 e. The number of hydrogen-bond donors (Lipinski definition) is 1. The zero-order valence-corrected chi connectivity index (χ0v) is 11.8. The molecule has 1 heterocycles. The van der Waals surface area contributed by atoms with Gasteiger partial charge in [-0.1, -0.05) is 29.5 Å². The third-order valence-electron chi connectivity index (χ3n) is 2.22. The van der Waals surface area contributed by atoms with E-state index in [1.807, 2.05) is 38.1 Å². The summed E-state index contributed by atoms with van der Waals surface area (Å²) in [6, 6.07) is 8.02. The van der Waals surface area contributed by atoms with Gasteiger partial charge in [-0.05, 0) is 25.5 Å². The van der Waals surface area contributed by atoms with E-state index in [1.54, 1.807) is 0 Å². The minimum atomic E-state index is -0.0561. The monoisotopic (exact) mass is 279 g/mol. The summed E-state index contributed by atoms with van der Waals surface area (Å²) in [6.07, 6.45) is 0. The van der Waals surface area contributed by atoms with Crippen LogP contribution in [0, 0.1) is 13.8 Å². The molecule has 0 bridgehead atoms. The molecule has 4 nitrogen and oxygen atoms in total. The Balaban J connectivity index is 1.87. The van der Waals surface area contributed by atoms with Crippen LogP contribution in [0.2, 0.25) is 0 Å². The van der Waals surface area contributed by atoms with Crippen molar-refractivity contribution in [3.63, 3.8) is 0 Å². The zero-order chi connectivity index (χ0) is 13.0. The molecule has 0 aliphatic rings. The second-order valence-electron chi connectivity index (χ2n) is 3.73. The fourth-order valence-electron chi connectivity index (χ4n) is 1.36. The lowest BCUT2D eigenvalue weighted by Crippen LogP contribution is -2.13. The van der Waals surface area contributed by atoms with Crippen LogP contribution in [0.25, 0.3) is 0 Å². The molecule has 0 aliphatic heterocycles. The Bertz CT molecular complexity index is 554. The van der Waals surface area contributed by atoms with Crippen LogP contribution in [0.3, 0.4) is 0 Å². The van der Waals surface area contributed by atoms with Crippen molar-refractivity contribution in [2.75, 3.05) is 11.1 Å². The second-order valence-corrected chi connectivity index (χ2v) is 5.93. The van der Waals surface area contributed by atoms with E-state index in [4.69, 9.17) is 0 Å². The zero-order valence-electron chi connectivity index (χ0n) is 10.1. The van der Waals surface area contributed by atoms with Crippen LogP contribution in [0.15, 0.2) is 29.2 Å². The van der Waals surface area contributed by atoms with Crippen LogP contribution in [-0.4, -0.2) is 21.9 Å². The second kappa shape index (κ2) is 5.97. The quantitative estimate of drug-likeness (QED) is 0.874. The van der Waals surface area contributed by atoms with Crippen molar-refractivity contribution in [1.29, 1.82) is 0 Å². The highest BCUT2D eigenvalue weighted by atomic mass is 32.2. The van der Waals surface area contributed by atoms with E-state index in [2.05, 4.69) is 15.5 Å². The smallest absolute Gasteiger partial charge is 0.236 e. The van der Waals surface area contributed by atoms with E-state index in [0.29, 0.717) is 10.9 Å². The van der Waals surface area contributed by atoms with Crippen molar-refractivity contribution in [1.82, 2.24) is 10.2 Å². The number of benzene rings is 1. The lowest BCUT2D eigenvalue weighted by atomic mass is 10.2. The molecule has 0 atom stereocenters. The van der Waals surface area contributed by atoms with E-state index in [1.165, 1.54) is 28.7 Å². The van der Waals surface area contributed by atoms with Gasteiger partial charge < -0.3 is 0 Å². The summed E-state index contributed by atoms with van der Waals surface area (Å²) >= 11 is 2.90. The third-order valence-corrected chi connectivity index (χ3v) is 4.15. The molecule has 1 aromatic heterocycles. The molecule has 0 radical (unpaired) electrons. The first kappa shape index (κ1) is 13.0. The summed E-state index contributed by atoms with van der Waals surface area (Å²) in [7, 11) is 0. The van der Waals surface area contributed by atoms with Gasteiger partial charge in [-0.2, -0.15) is 0 Å². The predicted octanol–water partition coefficient (Wildman–Crippen LogP) is 2.89. The van der Waals surface area contributed by atoms with Crippen LogP contribution in [0.5, 0.6) is 0 Å². The van der Waals surface area contributed by atoms with Gasteiger partial charge in [0.2, 0.25) is 11.0 Å². The number of amides is 1. The molecule has 18 heavy (non-hydrogen) atoms. The molecule has 0 saturated carbocycles. The standard InChI is InChI=1S/C12H13N3OS2/c1-8-5-3-4-6-10(8)17-7-11(16)13-12-15-14-9(2)18-12/h3-6H,7H2,1-2H3,(H,13,15,16). The number of rotatable bonds is 4. The Morgan fingerprint density at radius 2 is 2.11 bits per heavy atom. The highest BCUT2D eigenvalue weighted by molar-refractivity contribution is 8.00. The number of aromatic nitrogens is 2. The lowest BCUT2D eigenvalue weighted by molar-refractivity contribution is -0.113. The Morgan fingerprint density at radius 3 is 2.78 bits per heavy atom. The van der Waals surface area contributed by atoms with Crippen LogP contribution in [0.1, 0.15) is 10.6 Å². The highest BCUT2D eigenvalue weighted by Gasteiger charge is 2.07. The van der Waals surface area contributed by atoms with Crippen molar-refractivity contribution >= 4 is 34.1 Å². The van der Waals surface area contributed by atoms with Crippen molar-refractivity contribution in [2.24, 2.45) is 0 Å². The molecular formula is C12H13N3OS2. The number of carbonyl (C=O) groups excluding carboxylic acids is 1. The minimum Gasteiger partial charge on any atom is -0.300 e. The van der Waals surface area contributed by atoms with Gasteiger partial charge in [0.05, 0.1) is 5.75 Å². The lowest BCUT2D eigenvalue weighted by Gasteiger charge is -2.04. The number of carbonyl (C=O) groups is 1. The normalized spacial score (nSPS) is 10.3. The van der Waals surface area contributed by atoms with E-state index >= 15 is 0 Å². The molecule has 94 valence electrons. The number of hydrogen-bond acceptors (Lipinski definition) is 5. The molecule has 0 spiro atoms. The average molecular weight is 279 g/mol. The van der Waals surface area contributed by atoms with Crippen molar-refractivity contribution < 1.29 is 4.79 Å². The van der Waals surface area contributed by atoms with E-state index in [0.717, 1.165) is 9.90 Å². The summed E-state index contributed by atoms with van der Waals surface area (Å²) in [5.74, 6) is 0.322. The van der Waals surface area contributed by atoms with Crippen LogP contribution >= 0.6 is 23.1 Å². The molecular weight excluding hydrogens is 266 g/mol. The first-order valence-corrected chi connectivity index (χ1v) is 7.24. The molecule has 1 aromatic carbocycles. The summed E-state index contributed by atoms with van der Waals surface area (Å²) in [4.78, 5) is 12.8. The summed E-state index contributed by atoms with van der Waals surface area (Å²) in [5.41, 5.74) is 1.18. The van der Waals surface area contributed by atoms with Crippen molar-refractivity contribution in [3.8, 4) is 0 Å². The van der Waals surface area contributed by atoms with Crippen molar-refractivity contribution in [3.05, 3.63) is 34.8 Å². The summed E-state index contributed by atoms with van der Waals surface area (Å²) in [6.45, 7) is 3.89. The molecule has 0 saturated heterocycles. The minimum absolute atomic E-state index is 0.0561. The first-order chi connectivity index (χ1) is 8.65. The SMILES string of the molecule is Cc1nnc(NC(=O)CSc2ccccc2C)s1. The van der Waals surface area contributed by atoms with Crippen LogP contribution in [0.4, 0.5) is 5.13 Å². The Labute approximate surface area is 114 Å². The molecule has 2 aromatic rings. The molecule has 1 N–H and O–H groups in total. The molecule has 6 heteroatoms. The van der Waals surface area contributed by atoms with Crippen molar-refractivity contribution in [2.45, 2.75) is 18.7 Å². The van der Waals surface area contributed by atoms with E-state index < -0.39 is 0 Å². The highest BCUT2D eigenvalue weighted by Crippen LogP contribution is 2.22. The van der Waals surface area contributed by atoms with Crippen LogP contribution in [-0.2, 0) is 4.79 Å². The fourth-order valence-corrected chi connectivity index (χ4v) is 2.80. The number of aryl methyl sites for hydroxylation is 2. The number of nitrogens with zero attached hydrogens (tertiary/aromatic N) is 2. The van der Waals surface area contributed by atoms with Crippen LogP contribution < -0.4 is 5.32 Å². The van der Waals surface area contributed by atoms with E-state index in [-0.39, 0.29) is 5.91 Å². The van der Waals surface area contributed by atoms with Gasteiger partial charge >= 0.3 is 0 Å². The van der Waals surface area contributed by atoms with Gasteiger partial charge in [-0.3, -0.25) is 10.1 Å². The first-order valence-electron chi connectivity index (χ1n) is 5.43. The average Bonchev–Trinajstić information content (AvgIpc) is 2.74. The Kier molecular flexibility index (Phi) is 4.33. The molecule has 0 unspecified atom stereocenters. The fraction of sp³-hybridized carbons (Fsp3) is 0.250. The van der Waals surface area contributed by atoms with Gasteiger partial charge in [0.25, 0.3) is 0 Å². The number of nitrogens with one attached hydrogen (secondary N) is 1. The van der Waals surface area contributed by atoms with Gasteiger partial charge in [-0.15, -0.1) is 22.0 Å². The van der Waals surface area contributed by atoms with Gasteiger partial charge in [0.15, 0.2) is 0 Å². The van der Waals surface area contributed by atoms with E-state index in [9.17, 15) is 4.79 Å². The Hall–Kier alpha value is -1.40. The van der Waals surface area contributed by atoms with Gasteiger partial charge in [0, 0.05) is 4.90 Å². The summed E-state index contributed by atoms with van der Waals surface area (Å²) in [5, 5.41) is 11.8. The molecule has 2 rings (SSSR count). The third kappa shape index (κ3) is 3.54. The topological polar surface area (TPSA) is 54.9 Å². The largest absolute Gasteiger partial charge is 0.300 e. The Morgan fingerprint density at radius 1 is 1.33 bits per heavy atom. The molecule has 0 fully saturated rings. The number of thioether (sulfide) groups is 1. The molecule has 1 amide bonds. The summed E-state index contributed by atoms with van der Waals surface area (Å²) < 4.78 is 0. The predicted molar refractivity (Wildman–Crippen MR) is 75.2 cm³/mol. The van der Waals surface area contributed by atoms with Gasteiger partial charge in [-0.25, -0.2) is 0 Å². The maximum absolute atomic E-state index is 11.7. The van der Waals surface area contributed by atoms with Gasteiger partial charge in [0.1, 0.15) is 5.01 Å². The maximum atomic E-state index is 11.7.